The maximum atomic E-state index is 5.62. The van der Waals surface area contributed by atoms with Gasteiger partial charge in [0, 0.05) is 11.5 Å². The molecule has 0 amide bonds. The van der Waals surface area contributed by atoms with Crippen LogP contribution in [-0.2, 0) is 0 Å². The Balaban J connectivity index is 2.18. The zero-order valence-corrected chi connectivity index (χ0v) is 9.09. The summed E-state index contributed by atoms with van der Waals surface area (Å²) in [4.78, 5) is 0.574. The molecule has 1 saturated heterocycles. The molecule has 1 aliphatic carbocycles. The molecule has 1 nitrogen and oxygen atoms in total. The molecule has 0 radical (unpaired) electrons. The highest BCUT2D eigenvalue weighted by Gasteiger charge is 2.22. The van der Waals surface area contributed by atoms with Crippen LogP contribution in [0.4, 0.5) is 0 Å². The minimum absolute atomic E-state index is 0.574. The molecule has 1 aliphatic heterocycles. The van der Waals surface area contributed by atoms with E-state index < -0.39 is 0 Å². The topological polar surface area (TPSA) is 26.0 Å². The van der Waals surface area contributed by atoms with Crippen molar-refractivity contribution in [3.05, 3.63) is 23.3 Å². The lowest BCUT2D eigenvalue weighted by molar-refractivity contribution is 0.647. The van der Waals surface area contributed by atoms with Crippen molar-refractivity contribution in [2.45, 2.75) is 12.8 Å². The molecule has 2 rings (SSSR count). The van der Waals surface area contributed by atoms with E-state index in [-0.39, 0.29) is 0 Å². The van der Waals surface area contributed by atoms with Crippen LogP contribution in [0.3, 0.4) is 0 Å². The van der Waals surface area contributed by atoms with E-state index in [0.29, 0.717) is 4.99 Å². The van der Waals surface area contributed by atoms with Crippen molar-refractivity contribution in [2.75, 3.05) is 11.5 Å². The standard InChI is InChI=1S/C10H13NS2/c11-10(12)7-1-3-8-5-13-6-9(8)4-2-7/h1,3,9H,2,4-6H2,(H2,11,12). The number of allylic oxidation sites excluding steroid dienone is 2. The third-order valence-electron chi connectivity index (χ3n) is 2.69. The second kappa shape index (κ2) is 3.84. The fraction of sp³-hybridized carbons (Fsp3) is 0.500. The molecule has 0 aromatic rings. The molecule has 70 valence electrons. The van der Waals surface area contributed by atoms with Gasteiger partial charge in [-0.25, -0.2) is 0 Å². The van der Waals surface area contributed by atoms with Crippen molar-refractivity contribution in [3.63, 3.8) is 0 Å². The van der Waals surface area contributed by atoms with Gasteiger partial charge in [0.15, 0.2) is 0 Å². The van der Waals surface area contributed by atoms with E-state index in [0.717, 1.165) is 17.9 Å². The lowest BCUT2D eigenvalue weighted by Crippen LogP contribution is -2.11. The Morgan fingerprint density at radius 2 is 2.38 bits per heavy atom. The molecule has 1 atom stereocenters. The fourth-order valence-corrected chi connectivity index (χ4v) is 3.34. The quantitative estimate of drug-likeness (QED) is 0.674. The maximum Gasteiger partial charge on any atom is 0.0994 e. The number of thiocarbonyl (C=S) groups is 1. The SMILES string of the molecule is NC(=S)C1=CC=C2CSCC2CC1. The van der Waals surface area contributed by atoms with Gasteiger partial charge in [0.2, 0.25) is 0 Å². The summed E-state index contributed by atoms with van der Waals surface area (Å²) in [7, 11) is 0. The first-order valence-corrected chi connectivity index (χ1v) is 6.11. The number of hydrogen-bond acceptors (Lipinski definition) is 2. The van der Waals surface area contributed by atoms with Gasteiger partial charge < -0.3 is 5.73 Å². The molecule has 3 heteroatoms. The average molecular weight is 211 g/mol. The van der Waals surface area contributed by atoms with Crippen LogP contribution in [0, 0.1) is 5.92 Å². The minimum Gasteiger partial charge on any atom is -0.390 e. The lowest BCUT2D eigenvalue weighted by atomic mass is 9.98. The summed E-state index contributed by atoms with van der Waals surface area (Å²) in [6.07, 6.45) is 6.62. The van der Waals surface area contributed by atoms with E-state index in [1.54, 1.807) is 5.57 Å². The summed E-state index contributed by atoms with van der Waals surface area (Å²) >= 11 is 7.02. The molecule has 1 heterocycles. The first kappa shape index (κ1) is 9.28. The van der Waals surface area contributed by atoms with Gasteiger partial charge in [-0.05, 0) is 24.3 Å². The van der Waals surface area contributed by atoms with Crippen LogP contribution in [0.5, 0.6) is 0 Å². The predicted octanol–water partition coefficient (Wildman–Crippen LogP) is 2.28. The number of rotatable bonds is 1. The van der Waals surface area contributed by atoms with Gasteiger partial charge in [-0.15, -0.1) is 0 Å². The third kappa shape index (κ3) is 1.97. The minimum atomic E-state index is 0.574. The Hall–Kier alpha value is -0.280. The Kier molecular flexibility index (Phi) is 2.74. The van der Waals surface area contributed by atoms with Crippen molar-refractivity contribution in [2.24, 2.45) is 11.7 Å². The zero-order chi connectivity index (χ0) is 9.26. The highest BCUT2D eigenvalue weighted by molar-refractivity contribution is 7.99. The van der Waals surface area contributed by atoms with E-state index in [9.17, 15) is 0 Å². The molecular weight excluding hydrogens is 198 g/mol. The third-order valence-corrected chi connectivity index (χ3v) is 4.13. The van der Waals surface area contributed by atoms with Crippen molar-refractivity contribution in [1.82, 2.24) is 0 Å². The first-order valence-electron chi connectivity index (χ1n) is 4.54. The average Bonchev–Trinajstić information content (AvgIpc) is 2.44. The molecule has 2 N–H and O–H groups in total. The Labute approximate surface area is 88.5 Å². The van der Waals surface area contributed by atoms with E-state index >= 15 is 0 Å². The van der Waals surface area contributed by atoms with Crippen LogP contribution in [0.25, 0.3) is 0 Å². The van der Waals surface area contributed by atoms with Crippen LogP contribution in [0.1, 0.15) is 12.8 Å². The van der Waals surface area contributed by atoms with Crippen LogP contribution in [0.2, 0.25) is 0 Å². The Morgan fingerprint density at radius 1 is 1.54 bits per heavy atom. The van der Waals surface area contributed by atoms with E-state index in [1.807, 2.05) is 11.8 Å². The van der Waals surface area contributed by atoms with E-state index in [1.165, 1.54) is 17.9 Å². The monoisotopic (exact) mass is 211 g/mol. The van der Waals surface area contributed by atoms with Crippen LogP contribution < -0.4 is 5.73 Å². The normalized spacial score (nSPS) is 27.2. The van der Waals surface area contributed by atoms with Crippen molar-refractivity contribution in [1.29, 1.82) is 0 Å². The molecule has 2 aliphatic rings. The molecule has 0 spiro atoms. The molecule has 1 unspecified atom stereocenters. The Bertz CT molecular complexity index is 291. The molecule has 0 aromatic carbocycles. The summed E-state index contributed by atoms with van der Waals surface area (Å²) in [5.74, 6) is 3.27. The predicted molar refractivity (Wildman–Crippen MR) is 63.0 cm³/mol. The van der Waals surface area contributed by atoms with Crippen LogP contribution in [-0.4, -0.2) is 16.5 Å². The lowest BCUT2D eigenvalue weighted by Gasteiger charge is -2.08. The second-order valence-electron chi connectivity index (χ2n) is 3.55. The molecule has 13 heavy (non-hydrogen) atoms. The van der Waals surface area contributed by atoms with Gasteiger partial charge in [0.25, 0.3) is 0 Å². The summed E-state index contributed by atoms with van der Waals surface area (Å²) in [6.45, 7) is 0. The number of thioether (sulfide) groups is 1. The fourth-order valence-electron chi connectivity index (χ4n) is 1.82. The van der Waals surface area contributed by atoms with Crippen LogP contribution >= 0.6 is 24.0 Å². The first-order chi connectivity index (χ1) is 6.27. The molecule has 0 saturated carbocycles. The Morgan fingerprint density at radius 3 is 3.15 bits per heavy atom. The maximum absolute atomic E-state index is 5.62. The van der Waals surface area contributed by atoms with Crippen molar-refractivity contribution < 1.29 is 0 Å². The van der Waals surface area contributed by atoms with Crippen molar-refractivity contribution >= 4 is 29.0 Å². The molecule has 0 aromatic heterocycles. The van der Waals surface area contributed by atoms with E-state index in [4.69, 9.17) is 18.0 Å². The summed E-state index contributed by atoms with van der Waals surface area (Å²) in [5.41, 5.74) is 8.35. The summed E-state index contributed by atoms with van der Waals surface area (Å²) in [5, 5.41) is 0. The summed E-state index contributed by atoms with van der Waals surface area (Å²) < 4.78 is 0. The van der Waals surface area contributed by atoms with Crippen molar-refractivity contribution in [3.8, 4) is 0 Å². The molecule has 1 fully saturated rings. The number of nitrogens with two attached hydrogens (primary N) is 1. The highest BCUT2D eigenvalue weighted by atomic mass is 32.2. The molecule has 0 bridgehead atoms. The summed E-state index contributed by atoms with van der Waals surface area (Å²) in [6, 6.07) is 0. The van der Waals surface area contributed by atoms with E-state index in [2.05, 4.69) is 12.2 Å². The largest absolute Gasteiger partial charge is 0.390 e. The van der Waals surface area contributed by atoms with Crippen LogP contribution in [0.15, 0.2) is 23.3 Å². The second-order valence-corrected chi connectivity index (χ2v) is 5.02. The highest BCUT2D eigenvalue weighted by Crippen LogP contribution is 2.35. The number of hydrogen-bond donors (Lipinski definition) is 1. The van der Waals surface area contributed by atoms with Gasteiger partial charge in [-0.3, -0.25) is 0 Å². The number of fused-ring (bicyclic) bond motifs is 1. The van der Waals surface area contributed by atoms with Gasteiger partial charge >= 0.3 is 0 Å². The zero-order valence-electron chi connectivity index (χ0n) is 7.45. The molecular formula is C10H13NS2. The van der Waals surface area contributed by atoms with Gasteiger partial charge in [0.1, 0.15) is 0 Å². The van der Waals surface area contributed by atoms with Gasteiger partial charge in [0.05, 0.1) is 4.99 Å². The van der Waals surface area contributed by atoms with Gasteiger partial charge in [-0.2, -0.15) is 11.8 Å². The smallest absolute Gasteiger partial charge is 0.0994 e. The van der Waals surface area contributed by atoms with Gasteiger partial charge in [-0.1, -0.05) is 29.9 Å².